The van der Waals surface area contributed by atoms with Gasteiger partial charge in [0, 0.05) is 30.7 Å². The van der Waals surface area contributed by atoms with E-state index in [0.717, 1.165) is 32.5 Å². The van der Waals surface area contributed by atoms with E-state index in [-0.39, 0.29) is 11.5 Å². The highest BCUT2D eigenvalue weighted by Gasteiger charge is 2.42. The molecule has 0 saturated carbocycles. The predicted molar refractivity (Wildman–Crippen MR) is 74.4 cm³/mol. The van der Waals surface area contributed by atoms with Crippen LogP contribution in [0.25, 0.3) is 0 Å². The van der Waals surface area contributed by atoms with Crippen LogP contribution in [0.15, 0.2) is 24.3 Å². The van der Waals surface area contributed by atoms with Gasteiger partial charge in [-0.25, -0.2) is 4.79 Å². The molecular weight excluding hydrogens is 240 g/mol. The number of nitrogens with one attached hydrogen (secondary N) is 1. The largest absolute Gasteiger partial charge is 0.450 e. The Bertz CT molecular complexity index is 479. The summed E-state index contributed by atoms with van der Waals surface area (Å²) in [6, 6.07) is 8.53. The van der Waals surface area contributed by atoms with Crippen molar-refractivity contribution in [2.24, 2.45) is 0 Å². The summed E-state index contributed by atoms with van der Waals surface area (Å²) < 4.78 is 5.07. The Morgan fingerprint density at radius 3 is 2.84 bits per heavy atom. The Morgan fingerprint density at radius 1 is 1.37 bits per heavy atom. The van der Waals surface area contributed by atoms with Gasteiger partial charge in [-0.15, -0.1) is 0 Å². The molecule has 4 heteroatoms. The summed E-state index contributed by atoms with van der Waals surface area (Å²) >= 11 is 0. The fraction of sp³-hybridized carbons (Fsp3) is 0.533. The number of anilines is 1. The van der Waals surface area contributed by atoms with Crippen LogP contribution in [0, 0.1) is 0 Å². The first-order valence-corrected chi connectivity index (χ1v) is 7.00. The van der Waals surface area contributed by atoms with Gasteiger partial charge >= 0.3 is 6.09 Å². The summed E-state index contributed by atoms with van der Waals surface area (Å²) in [4.78, 5) is 13.6. The van der Waals surface area contributed by atoms with Gasteiger partial charge in [0.05, 0.1) is 6.61 Å². The van der Waals surface area contributed by atoms with Gasteiger partial charge in [0.15, 0.2) is 0 Å². The zero-order chi connectivity index (χ0) is 13.3. The first-order valence-electron chi connectivity index (χ1n) is 7.00. The van der Waals surface area contributed by atoms with Crippen LogP contribution >= 0.6 is 0 Å². The predicted octanol–water partition coefficient (Wildman–Crippen LogP) is 2.60. The number of para-hydroxylation sites is 1. The second kappa shape index (κ2) is 4.76. The Kier molecular flexibility index (Phi) is 3.09. The van der Waals surface area contributed by atoms with E-state index < -0.39 is 0 Å². The Morgan fingerprint density at radius 2 is 2.11 bits per heavy atom. The molecule has 19 heavy (non-hydrogen) atoms. The molecule has 1 amide bonds. The third-order valence-corrected chi connectivity index (χ3v) is 4.36. The van der Waals surface area contributed by atoms with Crippen molar-refractivity contribution < 1.29 is 9.53 Å². The molecule has 0 unspecified atom stereocenters. The van der Waals surface area contributed by atoms with E-state index in [2.05, 4.69) is 29.6 Å². The summed E-state index contributed by atoms with van der Waals surface area (Å²) in [5.41, 5.74) is 2.88. The van der Waals surface area contributed by atoms with Crippen molar-refractivity contribution >= 4 is 11.8 Å². The van der Waals surface area contributed by atoms with Crippen LogP contribution in [0.2, 0.25) is 0 Å². The summed E-state index contributed by atoms with van der Waals surface area (Å²) in [5.74, 6) is 0. The number of carbonyl (C=O) groups excluding carboxylic acids is 1. The SMILES string of the molecule is CCOC(=O)N1CCC2(CC1)CNc1ccccc12. The van der Waals surface area contributed by atoms with E-state index in [1.54, 1.807) is 0 Å². The lowest BCUT2D eigenvalue weighted by molar-refractivity contribution is 0.0885. The molecule has 0 aliphatic carbocycles. The number of hydrogen-bond acceptors (Lipinski definition) is 3. The highest BCUT2D eigenvalue weighted by molar-refractivity contribution is 5.68. The number of fused-ring (bicyclic) bond motifs is 2. The molecule has 1 N–H and O–H groups in total. The van der Waals surface area contributed by atoms with Crippen molar-refractivity contribution in [3.05, 3.63) is 29.8 Å². The minimum atomic E-state index is -0.170. The molecular formula is C15H20N2O2. The summed E-state index contributed by atoms with van der Waals surface area (Å²) in [5, 5.41) is 3.50. The molecule has 1 aromatic rings. The second-order valence-corrected chi connectivity index (χ2v) is 5.37. The number of rotatable bonds is 1. The van der Waals surface area contributed by atoms with Crippen molar-refractivity contribution in [1.29, 1.82) is 0 Å². The average molecular weight is 260 g/mol. The number of benzene rings is 1. The van der Waals surface area contributed by atoms with Gasteiger partial charge in [-0.3, -0.25) is 0 Å². The number of piperidine rings is 1. The molecule has 2 aliphatic heterocycles. The van der Waals surface area contributed by atoms with E-state index in [1.165, 1.54) is 11.3 Å². The highest BCUT2D eigenvalue weighted by atomic mass is 16.6. The van der Waals surface area contributed by atoms with Crippen LogP contribution in [0.4, 0.5) is 10.5 Å². The maximum absolute atomic E-state index is 11.7. The quantitative estimate of drug-likeness (QED) is 0.844. The molecule has 0 atom stereocenters. The Hall–Kier alpha value is -1.71. The van der Waals surface area contributed by atoms with Gasteiger partial charge in [-0.05, 0) is 31.4 Å². The molecule has 0 bridgehead atoms. The minimum absolute atomic E-state index is 0.170. The maximum Gasteiger partial charge on any atom is 0.409 e. The van der Waals surface area contributed by atoms with Gasteiger partial charge in [-0.2, -0.15) is 0 Å². The molecule has 2 aliphatic rings. The fourth-order valence-electron chi connectivity index (χ4n) is 3.24. The van der Waals surface area contributed by atoms with Crippen molar-refractivity contribution in [3.63, 3.8) is 0 Å². The third-order valence-electron chi connectivity index (χ3n) is 4.36. The topological polar surface area (TPSA) is 41.6 Å². The number of nitrogens with zero attached hydrogens (tertiary/aromatic N) is 1. The van der Waals surface area contributed by atoms with Gasteiger partial charge in [-0.1, -0.05) is 18.2 Å². The van der Waals surface area contributed by atoms with Crippen LogP contribution in [0.5, 0.6) is 0 Å². The Labute approximate surface area is 113 Å². The van der Waals surface area contributed by atoms with Gasteiger partial charge in [0.2, 0.25) is 0 Å². The fourth-order valence-corrected chi connectivity index (χ4v) is 3.24. The van der Waals surface area contributed by atoms with Crippen LogP contribution in [-0.2, 0) is 10.2 Å². The summed E-state index contributed by atoms with van der Waals surface area (Å²) in [6.07, 6.45) is 1.85. The standard InChI is InChI=1S/C15H20N2O2/c1-2-19-14(18)17-9-7-15(8-10-17)11-16-13-6-4-3-5-12(13)15/h3-6,16H,2,7-11H2,1H3. The summed E-state index contributed by atoms with van der Waals surface area (Å²) in [7, 11) is 0. The van der Waals surface area contributed by atoms with E-state index in [4.69, 9.17) is 4.74 Å². The third kappa shape index (κ3) is 2.05. The van der Waals surface area contributed by atoms with Crippen molar-refractivity contribution in [2.75, 3.05) is 31.6 Å². The minimum Gasteiger partial charge on any atom is -0.450 e. The van der Waals surface area contributed by atoms with Crippen LogP contribution in [0.1, 0.15) is 25.3 Å². The van der Waals surface area contributed by atoms with E-state index in [1.807, 2.05) is 11.8 Å². The molecule has 1 saturated heterocycles. The number of likely N-dealkylation sites (tertiary alicyclic amines) is 1. The highest BCUT2D eigenvalue weighted by Crippen LogP contribution is 2.43. The van der Waals surface area contributed by atoms with Crippen molar-refractivity contribution in [3.8, 4) is 0 Å². The molecule has 2 heterocycles. The van der Waals surface area contributed by atoms with Crippen LogP contribution < -0.4 is 5.32 Å². The van der Waals surface area contributed by atoms with E-state index in [9.17, 15) is 4.79 Å². The molecule has 0 aromatic heterocycles. The molecule has 3 rings (SSSR count). The molecule has 4 nitrogen and oxygen atoms in total. The monoisotopic (exact) mass is 260 g/mol. The number of amides is 1. The average Bonchev–Trinajstić information content (AvgIpc) is 2.80. The number of ether oxygens (including phenoxy) is 1. The molecule has 1 fully saturated rings. The smallest absolute Gasteiger partial charge is 0.409 e. The number of carbonyl (C=O) groups is 1. The molecule has 1 aromatic carbocycles. The van der Waals surface area contributed by atoms with Gasteiger partial charge < -0.3 is 15.0 Å². The zero-order valence-corrected chi connectivity index (χ0v) is 11.3. The first-order chi connectivity index (χ1) is 9.25. The lowest BCUT2D eigenvalue weighted by Crippen LogP contribution is -2.46. The lowest BCUT2D eigenvalue weighted by Gasteiger charge is -2.38. The van der Waals surface area contributed by atoms with Gasteiger partial charge in [0.1, 0.15) is 0 Å². The van der Waals surface area contributed by atoms with Crippen molar-refractivity contribution in [2.45, 2.75) is 25.2 Å². The molecule has 102 valence electrons. The van der Waals surface area contributed by atoms with E-state index >= 15 is 0 Å². The Balaban J connectivity index is 1.72. The zero-order valence-electron chi connectivity index (χ0n) is 11.3. The van der Waals surface area contributed by atoms with Crippen LogP contribution in [0.3, 0.4) is 0 Å². The lowest BCUT2D eigenvalue weighted by atomic mass is 9.74. The number of hydrogen-bond donors (Lipinski definition) is 1. The maximum atomic E-state index is 11.7. The summed E-state index contributed by atoms with van der Waals surface area (Å²) in [6.45, 7) is 4.86. The molecule has 0 radical (unpaired) electrons. The second-order valence-electron chi connectivity index (χ2n) is 5.37. The first kappa shape index (κ1) is 12.3. The van der Waals surface area contributed by atoms with E-state index in [0.29, 0.717) is 6.61 Å². The van der Waals surface area contributed by atoms with Gasteiger partial charge in [0.25, 0.3) is 0 Å². The van der Waals surface area contributed by atoms with Crippen molar-refractivity contribution in [1.82, 2.24) is 4.90 Å². The van der Waals surface area contributed by atoms with Crippen LogP contribution in [-0.4, -0.2) is 37.2 Å². The normalized spacial score (nSPS) is 19.9. The molecule has 1 spiro atoms.